The number of hydrogen-bond donors (Lipinski definition) is 1. The number of nitrogens with zero attached hydrogens (tertiary/aromatic N) is 2. The van der Waals surface area contributed by atoms with Crippen LogP contribution < -0.4 is 10.5 Å². The largest absolute Gasteiger partial charge is 0.448 e. The smallest absolute Gasteiger partial charge is 0.267 e. The second-order valence-electron chi connectivity index (χ2n) is 8.79. The number of halogens is 1. The number of aromatic amines is 1. The minimum absolute atomic E-state index is 0.101. The number of anilines is 1. The number of hydrogen-bond acceptors (Lipinski definition) is 4. The zero-order valence-corrected chi connectivity index (χ0v) is 19.3. The molecule has 1 aliphatic rings. The number of H-pyrrole nitrogens is 1. The van der Waals surface area contributed by atoms with Crippen LogP contribution in [-0.2, 0) is 25.7 Å². The van der Waals surface area contributed by atoms with Crippen LogP contribution in [0.2, 0.25) is 0 Å². The van der Waals surface area contributed by atoms with Crippen LogP contribution in [0.15, 0.2) is 76.1 Å². The van der Waals surface area contributed by atoms with Gasteiger partial charge in [-0.2, -0.15) is 5.10 Å². The molecule has 0 saturated carbocycles. The monoisotopic (exact) mass is 471 g/mol. The molecule has 2 aromatic carbocycles. The topological polar surface area (TPSA) is 79.2 Å². The Morgan fingerprint density at radius 1 is 1.03 bits per heavy atom. The number of nitrogens with one attached hydrogen (secondary N) is 1. The Hall–Kier alpha value is -4.00. The highest BCUT2D eigenvalue weighted by Crippen LogP contribution is 2.24. The molecule has 2 aromatic heterocycles. The van der Waals surface area contributed by atoms with Gasteiger partial charge in [0, 0.05) is 30.2 Å². The summed E-state index contributed by atoms with van der Waals surface area (Å²) < 4.78 is 19.7. The zero-order chi connectivity index (χ0) is 24.2. The van der Waals surface area contributed by atoms with Crippen molar-refractivity contribution < 1.29 is 13.6 Å². The van der Waals surface area contributed by atoms with E-state index in [-0.39, 0.29) is 23.8 Å². The molecule has 4 aromatic rings. The lowest BCUT2D eigenvalue weighted by atomic mass is 9.90. The molecular formula is C28H26FN3O3. The molecule has 0 saturated heterocycles. The molecule has 5 rings (SSSR count). The van der Waals surface area contributed by atoms with Gasteiger partial charge in [-0.25, -0.2) is 9.49 Å². The van der Waals surface area contributed by atoms with Gasteiger partial charge in [-0.1, -0.05) is 30.3 Å². The lowest BCUT2D eigenvalue weighted by molar-refractivity contribution is 0.0982. The van der Waals surface area contributed by atoms with Crippen LogP contribution in [-0.4, -0.2) is 22.6 Å². The van der Waals surface area contributed by atoms with Crippen molar-refractivity contribution in [1.29, 1.82) is 0 Å². The highest BCUT2D eigenvalue weighted by molar-refractivity contribution is 6.05. The van der Waals surface area contributed by atoms with Crippen molar-refractivity contribution in [2.45, 2.75) is 38.5 Å². The van der Waals surface area contributed by atoms with E-state index >= 15 is 0 Å². The molecule has 0 radical (unpaired) electrons. The average Bonchev–Trinajstić information content (AvgIpc) is 3.42. The van der Waals surface area contributed by atoms with Crippen LogP contribution >= 0.6 is 0 Å². The molecule has 0 spiro atoms. The standard InChI is InChI=1S/C28H26FN3O3/c29-24-12-4-1-8-20(24)14-15-32(26-13-6-16-35-26)28(34)21-9-5-7-19(17-21)18-25-22-10-2-3-11-23(22)27(33)31-30-25/h1,4-9,12-13,16-17H,2-3,10-11,14-15,18H2,(H,31,33). The number of furan rings is 1. The molecule has 178 valence electrons. The van der Waals surface area contributed by atoms with Crippen molar-refractivity contribution in [3.63, 3.8) is 0 Å². The number of carbonyl (C=O) groups excluding carboxylic acids is 1. The van der Waals surface area contributed by atoms with E-state index in [4.69, 9.17) is 4.42 Å². The number of aromatic nitrogens is 2. The second-order valence-corrected chi connectivity index (χ2v) is 8.79. The summed E-state index contributed by atoms with van der Waals surface area (Å²) in [5, 5.41) is 6.96. The second kappa shape index (κ2) is 10.1. The Morgan fingerprint density at radius 3 is 2.66 bits per heavy atom. The van der Waals surface area contributed by atoms with Crippen molar-refractivity contribution in [2.24, 2.45) is 0 Å². The molecule has 0 atom stereocenters. The van der Waals surface area contributed by atoms with E-state index in [2.05, 4.69) is 10.2 Å². The first kappa shape index (κ1) is 22.8. The molecule has 0 unspecified atom stereocenters. The number of rotatable bonds is 7. The first-order valence-corrected chi connectivity index (χ1v) is 11.9. The van der Waals surface area contributed by atoms with E-state index in [0.29, 0.717) is 29.9 Å². The summed E-state index contributed by atoms with van der Waals surface area (Å²) in [6.07, 6.45) is 6.08. The van der Waals surface area contributed by atoms with E-state index in [1.165, 1.54) is 17.2 Å². The molecule has 1 amide bonds. The summed E-state index contributed by atoms with van der Waals surface area (Å²) in [6.45, 7) is 0.270. The Balaban J connectivity index is 1.39. The summed E-state index contributed by atoms with van der Waals surface area (Å²) in [5.74, 6) is -0.110. The van der Waals surface area contributed by atoms with Gasteiger partial charge in [0.15, 0.2) is 0 Å². The van der Waals surface area contributed by atoms with Gasteiger partial charge in [0.2, 0.25) is 5.88 Å². The SMILES string of the molecule is O=C(c1cccc(Cc2n[nH]c(=O)c3c2CCCC3)c1)N(CCc1ccccc1F)c1ccco1. The Morgan fingerprint density at radius 2 is 1.86 bits per heavy atom. The Kier molecular flexibility index (Phi) is 6.57. The van der Waals surface area contributed by atoms with Gasteiger partial charge >= 0.3 is 0 Å². The van der Waals surface area contributed by atoms with E-state index < -0.39 is 0 Å². The van der Waals surface area contributed by atoms with Crippen molar-refractivity contribution in [1.82, 2.24) is 10.2 Å². The van der Waals surface area contributed by atoms with Gasteiger partial charge in [0.25, 0.3) is 11.5 Å². The number of carbonyl (C=O) groups is 1. The molecular weight excluding hydrogens is 445 g/mol. The number of fused-ring (bicyclic) bond motifs is 1. The Bertz CT molecular complexity index is 1390. The maximum atomic E-state index is 14.2. The van der Waals surface area contributed by atoms with E-state index in [9.17, 15) is 14.0 Å². The predicted octanol–water partition coefficient (Wildman–Crippen LogP) is 4.86. The molecule has 1 aliphatic carbocycles. The summed E-state index contributed by atoms with van der Waals surface area (Å²) in [4.78, 5) is 27.3. The molecule has 1 N–H and O–H groups in total. The van der Waals surface area contributed by atoms with Gasteiger partial charge in [-0.05, 0) is 73.1 Å². The summed E-state index contributed by atoms with van der Waals surface area (Å²) in [7, 11) is 0. The van der Waals surface area contributed by atoms with E-state index in [1.54, 1.807) is 36.4 Å². The lowest BCUT2D eigenvalue weighted by Crippen LogP contribution is -2.32. The molecule has 0 bridgehead atoms. The normalized spacial score (nSPS) is 12.8. The highest BCUT2D eigenvalue weighted by Gasteiger charge is 2.22. The molecule has 0 aliphatic heterocycles. The van der Waals surface area contributed by atoms with Crippen molar-refractivity contribution in [3.05, 3.63) is 117 Å². The first-order chi connectivity index (χ1) is 17.1. The fourth-order valence-electron chi connectivity index (χ4n) is 4.71. The highest BCUT2D eigenvalue weighted by atomic mass is 19.1. The quantitative estimate of drug-likeness (QED) is 0.418. The van der Waals surface area contributed by atoms with Crippen LogP contribution in [0.4, 0.5) is 10.3 Å². The summed E-state index contributed by atoms with van der Waals surface area (Å²) >= 11 is 0. The van der Waals surface area contributed by atoms with Crippen LogP contribution in [0, 0.1) is 5.82 Å². The van der Waals surface area contributed by atoms with Crippen LogP contribution in [0.5, 0.6) is 0 Å². The molecule has 2 heterocycles. The lowest BCUT2D eigenvalue weighted by Gasteiger charge is -2.21. The van der Waals surface area contributed by atoms with Crippen LogP contribution in [0.25, 0.3) is 0 Å². The minimum Gasteiger partial charge on any atom is -0.448 e. The predicted molar refractivity (Wildman–Crippen MR) is 131 cm³/mol. The zero-order valence-electron chi connectivity index (χ0n) is 19.3. The molecule has 7 heteroatoms. The third kappa shape index (κ3) is 4.94. The fourth-order valence-corrected chi connectivity index (χ4v) is 4.71. The molecule has 6 nitrogen and oxygen atoms in total. The van der Waals surface area contributed by atoms with Gasteiger partial charge in [-0.3, -0.25) is 14.5 Å². The van der Waals surface area contributed by atoms with Gasteiger partial charge in [0.1, 0.15) is 5.82 Å². The van der Waals surface area contributed by atoms with Gasteiger partial charge < -0.3 is 4.42 Å². The third-order valence-corrected chi connectivity index (χ3v) is 6.51. The van der Waals surface area contributed by atoms with Gasteiger partial charge in [-0.15, -0.1) is 0 Å². The minimum atomic E-state index is -0.293. The molecule has 35 heavy (non-hydrogen) atoms. The van der Waals surface area contributed by atoms with Gasteiger partial charge in [0.05, 0.1) is 12.0 Å². The fraction of sp³-hybridized carbons (Fsp3) is 0.250. The molecule has 0 fully saturated rings. The maximum absolute atomic E-state index is 14.2. The van der Waals surface area contributed by atoms with Crippen molar-refractivity contribution in [2.75, 3.05) is 11.4 Å². The third-order valence-electron chi connectivity index (χ3n) is 6.51. The van der Waals surface area contributed by atoms with E-state index in [1.807, 2.05) is 18.2 Å². The van der Waals surface area contributed by atoms with Crippen molar-refractivity contribution >= 4 is 11.8 Å². The number of benzene rings is 2. The summed E-state index contributed by atoms with van der Waals surface area (Å²) in [5.41, 5.74) is 4.61. The first-order valence-electron chi connectivity index (χ1n) is 11.9. The van der Waals surface area contributed by atoms with Crippen molar-refractivity contribution in [3.8, 4) is 0 Å². The van der Waals surface area contributed by atoms with E-state index in [0.717, 1.165) is 48.1 Å². The maximum Gasteiger partial charge on any atom is 0.267 e. The average molecular weight is 472 g/mol. The van der Waals surface area contributed by atoms with Crippen LogP contribution in [0.3, 0.4) is 0 Å². The Labute approximate surface area is 202 Å². The summed E-state index contributed by atoms with van der Waals surface area (Å²) in [6, 6.07) is 17.4. The number of amides is 1. The van der Waals surface area contributed by atoms with Crippen LogP contribution in [0.1, 0.15) is 51.1 Å².